The third-order valence-corrected chi connectivity index (χ3v) is 7.16. The van der Waals surface area contributed by atoms with Crippen LogP contribution in [0.15, 0.2) is 96.1 Å². The summed E-state index contributed by atoms with van der Waals surface area (Å²) in [6, 6.07) is 27.3. The van der Waals surface area contributed by atoms with Crippen molar-refractivity contribution in [3.63, 3.8) is 0 Å². The minimum absolute atomic E-state index is 0.327. The van der Waals surface area contributed by atoms with Gasteiger partial charge in [0.15, 0.2) is 0 Å². The van der Waals surface area contributed by atoms with E-state index in [0.29, 0.717) is 33.2 Å². The Hall–Kier alpha value is -3.95. The Balaban J connectivity index is 1.41. The van der Waals surface area contributed by atoms with Gasteiger partial charge in [-0.25, -0.2) is 10.2 Å². The lowest BCUT2D eigenvalue weighted by Crippen LogP contribution is -2.19. The molecule has 6 nitrogen and oxygen atoms in total. The number of esters is 1. The Morgan fingerprint density at radius 3 is 2.47 bits per heavy atom. The van der Waals surface area contributed by atoms with Gasteiger partial charge >= 0.3 is 5.97 Å². The maximum Gasteiger partial charge on any atom is 0.343 e. The van der Waals surface area contributed by atoms with Crippen LogP contribution in [0.25, 0.3) is 22.0 Å². The molecule has 0 atom stereocenters. The molecule has 0 fully saturated rings. The fourth-order valence-electron chi connectivity index (χ4n) is 4.04. The number of fused-ring (bicyclic) bond motifs is 1. The van der Waals surface area contributed by atoms with Crippen LogP contribution < -0.4 is 10.2 Å². The summed E-state index contributed by atoms with van der Waals surface area (Å²) >= 11 is 8.74. The summed E-state index contributed by atoms with van der Waals surface area (Å²) in [5.74, 6) is -0.586. The van der Waals surface area contributed by atoms with E-state index in [1.54, 1.807) is 42.5 Å². The number of ether oxygens (including phenoxy) is 1. The number of H-pyrrole nitrogens is 1. The molecule has 4 aromatic carbocycles. The number of rotatable bonds is 6. The van der Waals surface area contributed by atoms with Gasteiger partial charge < -0.3 is 9.72 Å². The molecular formula is C30H21ClIN3O3. The minimum Gasteiger partial charge on any atom is -0.422 e. The van der Waals surface area contributed by atoms with Gasteiger partial charge in [-0.15, -0.1) is 0 Å². The molecule has 5 aromatic rings. The summed E-state index contributed by atoms with van der Waals surface area (Å²) in [5.41, 5.74) is 7.23. The highest BCUT2D eigenvalue weighted by atomic mass is 127. The van der Waals surface area contributed by atoms with Crippen molar-refractivity contribution in [3.8, 4) is 16.9 Å². The number of aromatic amines is 1. The van der Waals surface area contributed by atoms with E-state index in [1.807, 2.05) is 55.5 Å². The Kier molecular flexibility index (Phi) is 7.57. The molecule has 1 amide bonds. The van der Waals surface area contributed by atoms with Crippen LogP contribution in [0.2, 0.25) is 5.02 Å². The number of hydrogen-bond acceptors (Lipinski definition) is 4. The first kappa shape index (κ1) is 25.7. The summed E-state index contributed by atoms with van der Waals surface area (Å²) in [7, 11) is 0. The molecule has 1 heterocycles. The first-order valence-electron chi connectivity index (χ1n) is 11.7. The Bertz CT molecular complexity index is 1690. The predicted octanol–water partition coefficient (Wildman–Crippen LogP) is 7.38. The summed E-state index contributed by atoms with van der Waals surface area (Å²) in [6.07, 6.45) is 1.44. The Morgan fingerprint density at radius 1 is 0.947 bits per heavy atom. The SMILES string of the molecule is Cc1ccc(C(=O)Oc2ccccc2C=NNC(=O)c2[nH]c3c(I)cccc3c2-c2ccccc2Cl)cc1. The number of carbonyl (C=O) groups excluding carboxylic acids is 2. The van der Waals surface area contributed by atoms with Crippen molar-refractivity contribution < 1.29 is 14.3 Å². The first-order chi connectivity index (χ1) is 18.4. The second kappa shape index (κ2) is 11.2. The molecule has 0 aliphatic heterocycles. The van der Waals surface area contributed by atoms with Gasteiger partial charge in [-0.3, -0.25) is 4.79 Å². The number of hydrogen-bond donors (Lipinski definition) is 2. The number of benzene rings is 4. The van der Waals surface area contributed by atoms with Crippen LogP contribution in [0.5, 0.6) is 5.75 Å². The Labute approximate surface area is 237 Å². The number of halogens is 2. The second-order valence-electron chi connectivity index (χ2n) is 8.51. The number of aromatic nitrogens is 1. The zero-order valence-corrected chi connectivity index (χ0v) is 23.1. The number of para-hydroxylation sites is 2. The fourth-order valence-corrected chi connectivity index (χ4v) is 4.90. The van der Waals surface area contributed by atoms with Crippen molar-refractivity contribution in [1.29, 1.82) is 0 Å². The van der Waals surface area contributed by atoms with Crippen molar-refractivity contribution in [3.05, 3.63) is 122 Å². The lowest BCUT2D eigenvalue weighted by atomic mass is 10.0. The van der Waals surface area contributed by atoms with E-state index in [4.69, 9.17) is 16.3 Å². The van der Waals surface area contributed by atoms with Gasteiger partial charge in [0.1, 0.15) is 11.4 Å². The minimum atomic E-state index is -0.480. The van der Waals surface area contributed by atoms with E-state index < -0.39 is 11.9 Å². The van der Waals surface area contributed by atoms with Crippen molar-refractivity contribution >= 4 is 63.2 Å². The summed E-state index contributed by atoms with van der Waals surface area (Å²) < 4.78 is 6.56. The number of nitrogens with one attached hydrogen (secondary N) is 2. The zero-order chi connectivity index (χ0) is 26.6. The van der Waals surface area contributed by atoms with E-state index in [0.717, 1.165) is 25.6 Å². The van der Waals surface area contributed by atoms with Crippen LogP contribution in [0, 0.1) is 10.5 Å². The number of carbonyl (C=O) groups is 2. The number of aryl methyl sites for hydroxylation is 1. The van der Waals surface area contributed by atoms with Crippen LogP contribution in [0.3, 0.4) is 0 Å². The van der Waals surface area contributed by atoms with Crippen molar-refractivity contribution in [2.24, 2.45) is 5.10 Å². The van der Waals surface area contributed by atoms with E-state index in [1.165, 1.54) is 6.21 Å². The maximum atomic E-state index is 13.3. The van der Waals surface area contributed by atoms with Crippen molar-refractivity contribution in [2.75, 3.05) is 0 Å². The van der Waals surface area contributed by atoms with Gasteiger partial charge in [-0.1, -0.05) is 71.8 Å². The average Bonchev–Trinajstić information content (AvgIpc) is 3.31. The number of amides is 1. The normalized spacial score (nSPS) is 11.1. The van der Waals surface area contributed by atoms with Crippen LogP contribution in [0.1, 0.15) is 32.0 Å². The van der Waals surface area contributed by atoms with Crippen LogP contribution >= 0.6 is 34.2 Å². The van der Waals surface area contributed by atoms with E-state index in [9.17, 15) is 9.59 Å². The lowest BCUT2D eigenvalue weighted by Gasteiger charge is -2.08. The van der Waals surface area contributed by atoms with Gasteiger partial charge in [0, 0.05) is 30.7 Å². The predicted molar refractivity (Wildman–Crippen MR) is 159 cm³/mol. The number of hydrazone groups is 1. The van der Waals surface area contributed by atoms with Gasteiger partial charge in [0.25, 0.3) is 5.91 Å². The van der Waals surface area contributed by atoms with Crippen LogP contribution in [0.4, 0.5) is 0 Å². The molecule has 8 heteroatoms. The molecule has 0 saturated carbocycles. The smallest absolute Gasteiger partial charge is 0.343 e. The highest BCUT2D eigenvalue weighted by molar-refractivity contribution is 14.1. The second-order valence-corrected chi connectivity index (χ2v) is 10.1. The maximum absolute atomic E-state index is 13.3. The monoisotopic (exact) mass is 633 g/mol. The summed E-state index contributed by atoms with van der Waals surface area (Å²) in [4.78, 5) is 29.2. The van der Waals surface area contributed by atoms with Gasteiger partial charge in [-0.2, -0.15) is 5.10 Å². The van der Waals surface area contributed by atoms with Crippen molar-refractivity contribution in [1.82, 2.24) is 10.4 Å². The summed E-state index contributed by atoms with van der Waals surface area (Å²) in [5, 5.41) is 5.57. The molecule has 38 heavy (non-hydrogen) atoms. The topological polar surface area (TPSA) is 83.5 Å². The largest absolute Gasteiger partial charge is 0.422 e. The van der Waals surface area contributed by atoms with Crippen LogP contribution in [-0.4, -0.2) is 23.1 Å². The van der Waals surface area contributed by atoms with E-state index in [2.05, 4.69) is 38.1 Å². The lowest BCUT2D eigenvalue weighted by molar-refractivity contribution is 0.0734. The first-order valence-corrected chi connectivity index (χ1v) is 13.1. The molecule has 0 bridgehead atoms. The fraction of sp³-hybridized carbons (Fsp3) is 0.0333. The van der Waals surface area contributed by atoms with E-state index >= 15 is 0 Å². The van der Waals surface area contributed by atoms with Gasteiger partial charge in [-0.05, 0) is 65.9 Å². The molecular weight excluding hydrogens is 613 g/mol. The molecule has 0 aliphatic rings. The molecule has 0 spiro atoms. The molecule has 5 rings (SSSR count). The third-order valence-electron chi connectivity index (χ3n) is 5.93. The molecule has 0 radical (unpaired) electrons. The molecule has 188 valence electrons. The van der Waals surface area contributed by atoms with Crippen molar-refractivity contribution in [2.45, 2.75) is 6.92 Å². The van der Waals surface area contributed by atoms with Gasteiger partial charge in [0.05, 0.1) is 17.3 Å². The molecule has 1 aromatic heterocycles. The highest BCUT2D eigenvalue weighted by Gasteiger charge is 2.21. The molecule has 0 saturated heterocycles. The number of nitrogens with zero attached hydrogens (tertiary/aromatic N) is 1. The quantitative estimate of drug-likeness (QED) is 0.0673. The molecule has 0 unspecified atom stereocenters. The Morgan fingerprint density at radius 2 is 1.68 bits per heavy atom. The highest BCUT2D eigenvalue weighted by Crippen LogP contribution is 2.37. The zero-order valence-electron chi connectivity index (χ0n) is 20.2. The van der Waals surface area contributed by atoms with Crippen LogP contribution in [-0.2, 0) is 0 Å². The summed E-state index contributed by atoms with van der Waals surface area (Å²) in [6.45, 7) is 1.95. The molecule has 0 aliphatic carbocycles. The van der Waals surface area contributed by atoms with Gasteiger partial charge in [0.2, 0.25) is 0 Å². The average molecular weight is 634 g/mol. The molecule has 2 N–H and O–H groups in total. The third kappa shape index (κ3) is 5.34. The van der Waals surface area contributed by atoms with E-state index in [-0.39, 0.29) is 0 Å². The standard InChI is InChI=1S/C30H21ClIN3O3/c1-18-13-15-19(16-14-18)30(37)38-25-12-5-2-7-20(25)17-33-35-29(36)28-26(21-8-3-4-10-23(21)31)22-9-6-11-24(32)27(22)34-28/h2-17,34H,1H3,(H,35,36).